The van der Waals surface area contributed by atoms with Gasteiger partial charge in [-0.15, -0.1) is 0 Å². The number of aromatic nitrogens is 1. The molecule has 96 valence electrons. The average Bonchev–Trinajstić information content (AvgIpc) is 2.98. The summed E-state index contributed by atoms with van der Waals surface area (Å²) in [7, 11) is 0. The first-order valence-corrected chi connectivity index (χ1v) is 7.57. The van der Waals surface area contributed by atoms with Crippen molar-refractivity contribution in [3.63, 3.8) is 0 Å². The van der Waals surface area contributed by atoms with Crippen LogP contribution in [-0.2, 0) is 13.1 Å². The highest BCUT2D eigenvalue weighted by Gasteiger charge is 2.15. The molecule has 1 saturated heterocycles. The summed E-state index contributed by atoms with van der Waals surface area (Å²) in [5, 5.41) is 1.40. The van der Waals surface area contributed by atoms with Crippen LogP contribution in [0.5, 0.6) is 0 Å². The van der Waals surface area contributed by atoms with Gasteiger partial charge in [0.2, 0.25) is 0 Å². The summed E-state index contributed by atoms with van der Waals surface area (Å²) < 4.78 is 3.53. The van der Waals surface area contributed by atoms with Gasteiger partial charge in [0.15, 0.2) is 0 Å². The van der Waals surface area contributed by atoms with Gasteiger partial charge in [-0.1, -0.05) is 15.9 Å². The van der Waals surface area contributed by atoms with E-state index in [2.05, 4.69) is 56.7 Å². The molecule has 18 heavy (non-hydrogen) atoms. The zero-order chi connectivity index (χ0) is 12.5. The van der Waals surface area contributed by atoms with E-state index in [4.69, 9.17) is 0 Å². The van der Waals surface area contributed by atoms with E-state index in [1.165, 1.54) is 46.9 Å². The molecule has 0 amide bonds. The molecular weight excluding hydrogens is 288 g/mol. The molecule has 2 nitrogen and oxygen atoms in total. The van der Waals surface area contributed by atoms with Crippen molar-refractivity contribution in [1.82, 2.24) is 9.47 Å². The van der Waals surface area contributed by atoms with Gasteiger partial charge in [-0.25, -0.2) is 0 Å². The maximum absolute atomic E-state index is 3.59. The molecule has 1 aliphatic heterocycles. The molecule has 3 rings (SSSR count). The van der Waals surface area contributed by atoms with E-state index >= 15 is 0 Å². The summed E-state index contributed by atoms with van der Waals surface area (Å²) in [4.78, 5) is 2.57. The second-order valence-electron chi connectivity index (χ2n) is 5.09. The van der Waals surface area contributed by atoms with Crippen molar-refractivity contribution in [3.05, 3.63) is 34.4 Å². The van der Waals surface area contributed by atoms with E-state index in [-0.39, 0.29) is 0 Å². The monoisotopic (exact) mass is 306 g/mol. The van der Waals surface area contributed by atoms with Gasteiger partial charge >= 0.3 is 0 Å². The number of hydrogen-bond donors (Lipinski definition) is 0. The fourth-order valence-electron chi connectivity index (χ4n) is 2.91. The third-order valence-corrected chi connectivity index (χ3v) is 4.35. The minimum absolute atomic E-state index is 1.04. The fraction of sp³-hybridized carbons (Fsp3) is 0.467. The van der Waals surface area contributed by atoms with Gasteiger partial charge in [0.05, 0.1) is 0 Å². The molecule has 2 heterocycles. The van der Waals surface area contributed by atoms with Crippen LogP contribution in [0.3, 0.4) is 0 Å². The number of nitrogens with zero attached hydrogens (tertiary/aromatic N) is 2. The number of aryl methyl sites for hydroxylation is 1. The van der Waals surface area contributed by atoms with Crippen LogP contribution >= 0.6 is 15.9 Å². The van der Waals surface area contributed by atoms with E-state index in [9.17, 15) is 0 Å². The summed E-state index contributed by atoms with van der Waals surface area (Å²) in [6, 6.07) is 6.61. The molecule has 1 aromatic carbocycles. The molecule has 0 N–H and O–H groups in total. The number of fused-ring (bicyclic) bond motifs is 1. The van der Waals surface area contributed by atoms with Crippen molar-refractivity contribution in [1.29, 1.82) is 0 Å². The lowest BCUT2D eigenvalue weighted by molar-refractivity contribution is 0.332. The summed E-state index contributed by atoms with van der Waals surface area (Å²) in [6.45, 7) is 6.86. The quantitative estimate of drug-likeness (QED) is 0.831. The summed E-state index contributed by atoms with van der Waals surface area (Å²) in [5.74, 6) is 0. The van der Waals surface area contributed by atoms with E-state index in [1.54, 1.807) is 0 Å². The Labute approximate surface area is 117 Å². The number of likely N-dealkylation sites (tertiary alicyclic amines) is 1. The maximum atomic E-state index is 3.59. The van der Waals surface area contributed by atoms with E-state index < -0.39 is 0 Å². The van der Waals surface area contributed by atoms with Crippen molar-refractivity contribution < 1.29 is 0 Å². The second-order valence-corrected chi connectivity index (χ2v) is 6.00. The van der Waals surface area contributed by atoms with E-state index in [0.717, 1.165) is 13.1 Å². The van der Waals surface area contributed by atoms with Crippen molar-refractivity contribution >= 4 is 26.8 Å². The molecule has 0 aliphatic carbocycles. The van der Waals surface area contributed by atoms with Crippen LogP contribution in [-0.4, -0.2) is 22.6 Å². The third kappa shape index (κ3) is 2.21. The molecular formula is C15H19BrN2. The molecule has 3 heteroatoms. The molecule has 0 radical (unpaired) electrons. The van der Waals surface area contributed by atoms with Crippen molar-refractivity contribution in [3.8, 4) is 0 Å². The van der Waals surface area contributed by atoms with Gasteiger partial charge in [-0.05, 0) is 56.6 Å². The first-order chi connectivity index (χ1) is 8.78. The van der Waals surface area contributed by atoms with E-state index in [0.29, 0.717) is 0 Å². The highest BCUT2D eigenvalue weighted by atomic mass is 79.9. The average molecular weight is 307 g/mol. The molecule has 1 fully saturated rings. The van der Waals surface area contributed by atoms with E-state index in [1.807, 2.05) is 0 Å². The molecule has 0 atom stereocenters. The zero-order valence-electron chi connectivity index (χ0n) is 10.8. The Morgan fingerprint density at radius 1 is 1.22 bits per heavy atom. The van der Waals surface area contributed by atoms with Crippen LogP contribution in [0.1, 0.15) is 25.3 Å². The maximum Gasteiger partial charge on any atom is 0.0484 e. The Morgan fingerprint density at radius 3 is 2.72 bits per heavy atom. The van der Waals surface area contributed by atoms with Crippen LogP contribution in [0.2, 0.25) is 0 Å². The van der Waals surface area contributed by atoms with Gasteiger partial charge < -0.3 is 4.57 Å². The predicted octanol–water partition coefficient (Wildman–Crippen LogP) is 4.02. The van der Waals surface area contributed by atoms with Crippen LogP contribution in [0.15, 0.2) is 28.9 Å². The predicted molar refractivity (Wildman–Crippen MR) is 79.8 cm³/mol. The minimum Gasteiger partial charge on any atom is -0.347 e. The molecule has 0 unspecified atom stereocenters. The van der Waals surface area contributed by atoms with Gasteiger partial charge in [-0.3, -0.25) is 4.90 Å². The Kier molecular flexibility index (Phi) is 3.44. The second kappa shape index (κ2) is 5.06. The van der Waals surface area contributed by atoms with Crippen molar-refractivity contribution in [2.75, 3.05) is 13.1 Å². The number of halogens is 1. The largest absolute Gasteiger partial charge is 0.347 e. The summed E-state index contributed by atoms with van der Waals surface area (Å²) in [5.41, 5.74) is 2.82. The van der Waals surface area contributed by atoms with Crippen LogP contribution in [0.4, 0.5) is 0 Å². The first-order valence-electron chi connectivity index (χ1n) is 6.77. The summed E-state index contributed by atoms with van der Waals surface area (Å²) in [6.07, 6.45) is 5.04. The fourth-order valence-corrected chi connectivity index (χ4v) is 3.27. The standard InChI is InChI=1S/C15H19BrN2/c1-2-18-11-12(10-17-7-3-4-8-17)14-9-13(16)5-6-15(14)18/h5-6,9,11H,2-4,7-8,10H2,1H3. The minimum atomic E-state index is 1.04. The highest BCUT2D eigenvalue weighted by molar-refractivity contribution is 9.10. The van der Waals surface area contributed by atoms with Crippen molar-refractivity contribution in [2.45, 2.75) is 32.9 Å². The topological polar surface area (TPSA) is 8.17 Å². The molecule has 1 aromatic heterocycles. The molecule has 0 spiro atoms. The van der Waals surface area contributed by atoms with Gasteiger partial charge in [0.25, 0.3) is 0 Å². The molecule has 0 saturated carbocycles. The van der Waals surface area contributed by atoms with Gasteiger partial charge in [0.1, 0.15) is 0 Å². The molecule has 0 bridgehead atoms. The normalized spacial score (nSPS) is 16.8. The van der Waals surface area contributed by atoms with Crippen LogP contribution < -0.4 is 0 Å². The lowest BCUT2D eigenvalue weighted by Gasteiger charge is -2.13. The smallest absolute Gasteiger partial charge is 0.0484 e. The van der Waals surface area contributed by atoms with Crippen molar-refractivity contribution in [2.24, 2.45) is 0 Å². The van der Waals surface area contributed by atoms with Gasteiger partial charge in [-0.2, -0.15) is 0 Å². The number of hydrogen-bond acceptors (Lipinski definition) is 1. The van der Waals surface area contributed by atoms with Crippen LogP contribution in [0, 0.1) is 0 Å². The first kappa shape index (κ1) is 12.2. The Morgan fingerprint density at radius 2 is 2.00 bits per heavy atom. The number of benzene rings is 1. The molecule has 2 aromatic rings. The molecule has 1 aliphatic rings. The SMILES string of the molecule is CCn1cc(CN2CCCC2)c2cc(Br)ccc21. The lowest BCUT2D eigenvalue weighted by atomic mass is 10.1. The van der Waals surface area contributed by atoms with Crippen LogP contribution in [0.25, 0.3) is 10.9 Å². The highest BCUT2D eigenvalue weighted by Crippen LogP contribution is 2.27. The van der Waals surface area contributed by atoms with Gasteiger partial charge in [0, 0.05) is 34.7 Å². The third-order valence-electron chi connectivity index (χ3n) is 3.86. The Hall–Kier alpha value is -0.800. The summed E-state index contributed by atoms with van der Waals surface area (Å²) >= 11 is 3.59. The Bertz CT molecular complexity index is 553. The lowest BCUT2D eigenvalue weighted by Crippen LogP contribution is -2.18. The zero-order valence-corrected chi connectivity index (χ0v) is 12.4. The number of rotatable bonds is 3. The Balaban J connectivity index is 2.01.